The van der Waals surface area contributed by atoms with Gasteiger partial charge in [0.1, 0.15) is 16.7 Å². The molecular formula is C23H27ClN6O. The van der Waals surface area contributed by atoms with Crippen molar-refractivity contribution in [2.75, 3.05) is 18.0 Å². The Labute approximate surface area is 186 Å². The minimum Gasteiger partial charge on any atom is -0.368 e. The van der Waals surface area contributed by atoms with Gasteiger partial charge in [-0.15, -0.1) is 10.2 Å². The molecule has 0 saturated carbocycles. The number of aryl methyl sites for hydroxylation is 1. The molecule has 1 aromatic carbocycles. The molecule has 0 N–H and O–H groups in total. The van der Waals surface area contributed by atoms with Gasteiger partial charge in [0.25, 0.3) is 5.56 Å². The van der Waals surface area contributed by atoms with E-state index in [1.807, 2.05) is 30.3 Å². The Morgan fingerprint density at radius 2 is 1.90 bits per heavy atom. The molecule has 1 atom stereocenters. The second-order valence-electron chi connectivity index (χ2n) is 8.51. The van der Waals surface area contributed by atoms with Crippen LogP contribution in [0, 0.1) is 0 Å². The molecule has 0 amide bonds. The summed E-state index contributed by atoms with van der Waals surface area (Å²) < 4.78 is 3.76. The Morgan fingerprint density at radius 1 is 1.03 bits per heavy atom. The number of rotatable bonds is 4. The van der Waals surface area contributed by atoms with Gasteiger partial charge >= 0.3 is 0 Å². The van der Waals surface area contributed by atoms with Crippen LogP contribution in [0.5, 0.6) is 0 Å². The number of anilines is 1. The minimum absolute atomic E-state index is 0.242. The van der Waals surface area contributed by atoms with Crippen LogP contribution in [-0.2, 0) is 19.5 Å². The van der Waals surface area contributed by atoms with E-state index in [-0.39, 0.29) is 16.5 Å². The molecule has 3 aromatic rings. The minimum atomic E-state index is -0.249. The van der Waals surface area contributed by atoms with E-state index >= 15 is 0 Å². The first kappa shape index (κ1) is 20.2. The average Bonchev–Trinajstić information content (AvgIpc) is 3.06. The molecule has 162 valence electrons. The van der Waals surface area contributed by atoms with Gasteiger partial charge in [0.15, 0.2) is 0 Å². The van der Waals surface area contributed by atoms with E-state index in [1.165, 1.54) is 23.9 Å². The Hall–Kier alpha value is -2.67. The van der Waals surface area contributed by atoms with Crippen LogP contribution in [-0.4, -0.2) is 37.6 Å². The maximum Gasteiger partial charge on any atom is 0.287 e. The van der Waals surface area contributed by atoms with Gasteiger partial charge in [-0.05, 0) is 31.2 Å². The highest BCUT2D eigenvalue weighted by Crippen LogP contribution is 2.32. The predicted octanol–water partition coefficient (Wildman–Crippen LogP) is 3.65. The molecule has 0 bridgehead atoms. The maximum atomic E-state index is 12.9. The number of aromatic nitrogens is 5. The largest absolute Gasteiger partial charge is 0.368 e. The predicted molar refractivity (Wildman–Crippen MR) is 121 cm³/mol. The molecule has 0 radical (unpaired) electrons. The van der Waals surface area contributed by atoms with Crippen molar-refractivity contribution >= 4 is 17.3 Å². The fourth-order valence-corrected chi connectivity index (χ4v) is 5.03. The van der Waals surface area contributed by atoms with E-state index in [0.29, 0.717) is 6.54 Å². The van der Waals surface area contributed by atoms with Crippen LogP contribution in [0.15, 0.2) is 41.3 Å². The van der Waals surface area contributed by atoms with Gasteiger partial charge in [0.2, 0.25) is 0 Å². The van der Waals surface area contributed by atoms with Crippen molar-refractivity contribution < 1.29 is 0 Å². The summed E-state index contributed by atoms with van der Waals surface area (Å²) in [6, 6.07) is 9.82. The Kier molecular flexibility index (Phi) is 5.76. The zero-order chi connectivity index (χ0) is 21.2. The van der Waals surface area contributed by atoms with Gasteiger partial charge in [-0.1, -0.05) is 48.4 Å². The molecule has 2 aromatic heterocycles. The van der Waals surface area contributed by atoms with Gasteiger partial charge in [-0.3, -0.25) is 4.79 Å². The summed E-state index contributed by atoms with van der Waals surface area (Å²) in [5, 5.41) is 13.7. The molecule has 31 heavy (non-hydrogen) atoms. The van der Waals surface area contributed by atoms with Crippen molar-refractivity contribution in [2.45, 2.75) is 57.5 Å². The normalized spacial score (nSPS) is 19.1. The van der Waals surface area contributed by atoms with Crippen molar-refractivity contribution in [1.29, 1.82) is 0 Å². The van der Waals surface area contributed by atoms with E-state index in [1.54, 1.807) is 6.20 Å². The van der Waals surface area contributed by atoms with Crippen molar-refractivity contribution in [3.8, 4) is 0 Å². The summed E-state index contributed by atoms with van der Waals surface area (Å²) in [4.78, 5) is 15.1. The molecule has 0 spiro atoms. The Morgan fingerprint density at radius 3 is 2.77 bits per heavy atom. The number of benzene rings is 1. The van der Waals surface area contributed by atoms with E-state index in [4.69, 9.17) is 11.6 Å². The highest BCUT2D eigenvalue weighted by molar-refractivity contribution is 6.33. The van der Waals surface area contributed by atoms with E-state index in [9.17, 15) is 4.79 Å². The van der Waals surface area contributed by atoms with E-state index in [0.717, 1.165) is 61.8 Å². The van der Waals surface area contributed by atoms with Gasteiger partial charge in [-0.2, -0.15) is 5.10 Å². The first-order chi connectivity index (χ1) is 15.2. The van der Waals surface area contributed by atoms with Crippen LogP contribution in [0.25, 0.3) is 0 Å². The first-order valence-electron chi connectivity index (χ1n) is 11.2. The third kappa shape index (κ3) is 4.11. The van der Waals surface area contributed by atoms with E-state index in [2.05, 4.69) is 24.8 Å². The number of halogens is 1. The molecule has 1 fully saturated rings. The third-order valence-electron chi connectivity index (χ3n) is 6.41. The SMILES string of the molecule is O=c1c(Cl)c(N2CCCC(c3nnc4n3CCCCC4)C2)cnn1Cc1ccccc1. The fourth-order valence-electron chi connectivity index (χ4n) is 4.76. The van der Waals surface area contributed by atoms with Gasteiger partial charge in [0, 0.05) is 32.0 Å². The molecule has 1 unspecified atom stereocenters. The van der Waals surface area contributed by atoms with Gasteiger partial charge in [0.05, 0.1) is 18.4 Å². The number of hydrogen-bond donors (Lipinski definition) is 0. The first-order valence-corrected chi connectivity index (χ1v) is 11.5. The van der Waals surface area contributed by atoms with Crippen molar-refractivity contribution in [3.05, 3.63) is 69.1 Å². The molecule has 1 saturated heterocycles. The lowest BCUT2D eigenvalue weighted by Crippen LogP contribution is -2.37. The zero-order valence-electron chi connectivity index (χ0n) is 17.6. The van der Waals surface area contributed by atoms with Gasteiger partial charge in [-0.25, -0.2) is 4.68 Å². The summed E-state index contributed by atoms with van der Waals surface area (Å²) in [6.07, 6.45) is 8.47. The summed E-state index contributed by atoms with van der Waals surface area (Å²) in [5.74, 6) is 2.49. The summed E-state index contributed by atoms with van der Waals surface area (Å²) >= 11 is 6.56. The number of fused-ring (bicyclic) bond motifs is 1. The highest BCUT2D eigenvalue weighted by Gasteiger charge is 2.29. The lowest BCUT2D eigenvalue weighted by Gasteiger charge is -2.34. The third-order valence-corrected chi connectivity index (χ3v) is 6.76. The molecule has 7 nitrogen and oxygen atoms in total. The molecular weight excluding hydrogens is 412 g/mol. The fraction of sp³-hybridized carbons (Fsp3) is 0.478. The second-order valence-corrected chi connectivity index (χ2v) is 8.89. The lowest BCUT2D eigenvalue weighted by atomic mass is 9.96. The van der Waals surface area contributed by atoms with Gasteiger partial charge < -0.3 is 9.47 Å². The number of hydrogen-bond acceptors (Lipinski definition) is 5. The standard InChI is InChI=1S/C23H27ClN6O/c24-21-19(14-25-30(23(21)31)15-17-8-3-1-4-9-17)28-12-7-10-18(16-28)22-27-26-20-11-5-2-6-13-29(20)22/h1,3-4,8-9,14,18H,2,5-7,10-13,15-16H2. The summed E-state index contributed by atoms with van der Waals surface area (Å²) in [7, 11) is 0. The van der Waals surface area contributed by atoms with Crippen LogP contribution in [0.2, 0.25) is 5.02 Å². The molecule has 2 aliphatic rings. The van der Waals surface area contributed by atoms with Crippen LogP contribution >= 0.6 is 11.6 Å². The average molecular weight is 439 g/mol. The Bertz CT molecular complexity index is 1110. The monoisotopic (exact) mass is 438 g/mol. The van der Waals surface area contributed by atoms with Crippen LogP contribution < -0.4 is 10.5 Å². The quantitative estimate of drug-likeness (QED) is 0.622. The highest BCUT2D eigenvalue weighted by atomic mass is 35.5. The summed E-state index contributed by atoms with van der Waals surface area (Å²) in [5.41, 5.74) is 1.49. The molecule has 5 rings (SSSR count). The maximum absolute atomic E-state index is 12.9. The molecule has 0 aliphatic carbocycles. The van der Waals surface area contributed by atoms with Crippen molar-refractivity contribution in [3.63, 3.8) is 0 Å². The molecule has 2 aliphatic heterocycles. The topological polar surface area (TPSA) is 68.8 Å². The van der Waals surface area contributed by atoms with Crippen molar-refractivity contribution in [1.82, 2.24) is 24.5 Å². The summed E-state index contributed by atoms with van der Waals surface area (Å²) in [6.45, 7) is 3.06. The molecule has 8 heteroatoms. The second kappa shape index (κ2) is 8.83. The Balaban J connectivity index is 1.38. The number of nitrogens with zero attached hydrogens (tertiary/aromatic N) is 6. The van der Waals surface area contributed by atoms with E-state index < -0.39 is 0 Å². The lowest BCUT2D eigenvalue weighted by molar-refractivity contribution is 0.464. The zero-order valence-corrected chi connectivity index (χ0v) is 18.3. The molecule has 4 heterocycles. The smallest absolute Gasteiger partial charge is 0.287 e. The van der Waals surface area contributed by atoms with Crippen molar-refractivity contribution in [2.24, 2.45) is 0 Å². The van der Waals surface area contributed by atoms with Crippen LogP contribution in [0.3, 0.4) is 0 Å². The van der Waals surface area contributed by atoms with Crippen LogP contribution in [0.4, 0.5) is 5.69 Å². The van der Waals surface area contributed by atoms with Crippen LogP contribution in [0.1, 0.15) is 55.2 Å². The number of piperidine rings is 1.